The number of hydrogen-bond acceptors (Lipinski definition) is 6. The number of carbonyl (C=O) groups excluding carboxylic acids is 2. The number of fused-ring (bicyclic) bond motifs is 1. The second-order valence-corrected chi connectivity index (χ2v) is 10.7. The van der Waals surface area contributed by atoms with Crippen LogP contribution < -0.4 is 11.1 Å². The van der Waals surface area contributed by atoms with Crippen molar-refractivity contribution < 1.29 is 19.1 Å². The van der Waals surface area contributed by atoms with Crippen LogP contribution in [0.2, 0.25) is 0 Å². The summed E-state index contributed by atoms with van der Waals surface area (Å²) in [6, 6.07) is 13.3. The van der Waals surface area contributed by atoms with Crippen LogP contribution in [0.3, 0.4) is 0 Å². The van der Waals surface area contributed by atoms with E-state index in [1.165, 1.54) is 0 Å². The Bertz CT molecular complexity index is 1360. The predicted octanol–water partition coefficient (Wildman–Crippen LogP) is 3.37. The predicted molar refractivity (Wildman–Crippen MR) is 140 cm³/mol. The van der Waals surface area contributed by atoms with Gasteiger partial charge in [-0.15, -0.1) is 0 Å². The molecule has 37 heavy (non-hydrogen) atoms. The minimum Gasteiger partial charge on any atom is -0.408 e. The average Bonchev–Trinajstić information content (AvgIpc) is 3.19. The first-order valence-electron chi connectivity index (χ1n) is 13.2. The summed E-state index contributed by atoms with van der Waals surface area (Å²) < 4.78 is 6.89. The lowest BCUT2D eigenvalue weighted by Gasteiger charge is -2.48. The van der Waals surface area contributed by atoms with E-state index in [1.807, 2.05) is 44.2 Å². The molecule has 0 unspecified atom stereocenters. The molecule has 0 spiro atoms. The van der Waals surface area contributed by atoms with Gasteiger partial charge in [-0.2, -0.15) is 0 Å². The number of carbonyl (C=O) groups is 2. The van der Waals surface area contributed by atoms with Gasteiger partial charge in [0.25, 0.3) is 5.91 Å². The van der Waals surface area contributed by atoms with Crippen molar-refractivity contribution in [3.63, 3.8) is 0 Å². The number of hydrogen-bond donors (Lipinski definition) is 2. The molecule has 1 saturated carbocycles. The van der Waals surface area contributed by atoms with Crippen molar-refractivity contribution in [1.29, 1.82) is 0 Å². The quantitative estimate of drug-likeness (QED) is 0.486. The highest BCUT2D eigenvalue weighted by Gasteiger charge is 2.40. The minimum absolute atomic E-state index is 0.0591. The minimum atomic E-state index is -0.910. The molecule has 2 heterocycles. The number of aryl methyl sites for hydroxylation is 2. The largest absolute Gasteiger partial charge is 0.419 e. The summed E-state index contributed by atoms with van der Waals surface area (Å²) in [7, 11) is 0. The van der Waals surface area contributed by atoms with Crippen LogP contribution in [0.5, 0.6) is 0 Å². The average molecular weight is 506 g/mol. The Morgan fingerprint density at radius 2 is 1.89 bits per heavy atom. The van der Waals surface area contributed by atoms with Gasteiger partial charge in [0.1, 0.15) is 0 Å². The third kappa shape index (κ3) is 5.26. The van der Waals surface area contributed by atoms with Crippen molar-refractivity contribution in [2.75, 3.05) is 19.6 Å². The lowest BCUT2D eigenvalue weighted by Crippen LogP contribution is -2.54. The van der Waals surface area contributed by atoms with Gasteiger partial charge in [0.2, 0.25) is 0 Å². The van der Waals surface area contributed by atoms with E-state index in [9.17, 15) is 19.5 Å². The summed E-state index contributed by atoms with van der Waals surface area (Å²) in [5, 5.41) is 14.2. The second kappa shape index (κ2) is 10.3. The molecule has 1 aromatic heterocycles. The number of likely N-dealkylation sites (tertiary alicyclic amines) is 1. The van der Waals surface area contributed by atoms with Gasteiger partial charge in [-0.25, -0.2) is 4.79 Å². The van der Waals surface area contributed by atoms with Gasteiger partial charge in [-0.05, 0) is 75.3 Å². The zero-order valence-electron chi connectivity index (χ0n) is 21.5. The van der Waals surface area contributed by atoms with E-state index in [0.717, 1.165) is 42.6 Å². The summed E-state index contributed by atoms with van der Waals surface area (Å²) in [6.07, 6.45) is 3.55. The van der Waals surface area contributed by atoms with E-state index in [4.69, 9.17) is 4.42 Å². The highest BCUT2D eigenvalue weighted by Crippen LogP contribution is 2.41. The van der Waals surface area contributed by atoms with Gasteiger partial charge in [-0.1, -0.05) is 23.8 Å². The summed E-state index contributed by atoms with van der Waals surface area (Å²) >= 11 is 0. The SMILES string of the molecule is CCn1c(=O)oc2ccc(C3(O)CCC(N4CC(CC(=O)CNC(=O)c5cccc(C)c5)C4)CC3)cc21. The van der Waals surface area contributed by atoms with Crippen LogP contribution in [-0.2, 0) is 16.9 Å². The molecule has 0 radical (unpaired) electrons. The van der Waals surface area contributed by atoms with E-state index in [0.29, 0.717) is 48.9 Å². The molecular formula is C29H35N3O5. The number of aliphatic hydroxyl groups is 1. The lowest BCUT2D eigenvalue weighted by molar-refractivity contribution is -0.121. The summed E-state index contributed by atoms with van der Waals surface area (Å²) in [5.74, 6) is -0.209. The number of ketones is 1. The normalized spacial score (nSPS) is 22.6. The van der Waals surface area contributed by atoms with Crippen molar-refractivity contribution in [2.45, 2.75) is 64.1 Å². The zero-order valence-corrected chi connectivity index (χ0v) is 21.5. The van der Waals surface area contributed by atoms with Crippen LogP contribution in [-0.4, -0.2) is 51.9 Å². The van der Waals surface area contributed by atoms with Crippen molar-refractivity contribution >= 4 is 22.8 Å². The summed E-state index contributed by atoms with van der Waals surface area (Å²) in [6.45, 7) is 6.18. The van der Waals surface area contributed by atoms with Gasteiger partial charge in [-0.3, -0.25) is 19.1 Å². The van der Waals surface area contributed by atoms with Crippen molar-refractivity contribution in [3.05, 3.63) is 69.7 Å². The fourth-order valence-electron chi connectivity index (χ4n) is 5.88. The van der Waals surface area contributed by atoms with Gasteiger partial charge < -0.3 is 14.8 Å². The molecule has 1 aliphatic carbocycles. The summed E-state index contributed by atoms with van der Waals surface area (Å²) in [4.78, 5) is 39.1. The number of amides is 1. The van der Waals surface area contributed by atoms with Gasteiger partial charge in [0, 0.05) is 37.7 Å². The molecule has 1 amide bonds. The maximum Gasteiger partial charge on any atom is 0.419 e. The van der Waals surface area contributed by atoms with Gasteiger partial charge in [0.15, 0.2) is 11.4 Å². The molecule has 0 atom stereocenters. The number of oxazole rings is 1. The third-order valence-electron chi connectivity index (χ3n) is 8.05. The van der Waals surface area contributed by atoms with Crippen LogP contribution in [0.15, 0.2) is 51.7 Å². The molecule has 8 heteroatoms. The topological polar surface area (TPSA) is 105 Å². The third-order valence-corrected chi connectivity index (χ3v) is 8.05. The molecule has 8 nitrogen and oxygen atoms in total. The first-order valence-corrected chi connectivity index (χ1v) is 13.2. The van der Waals surface area contributed by atoms with E-state index in [-0.39, 0.29) is 24.0 Å². The lowest BCUT2D eigenvalue weighted by atomic mass is 9.76. The van der Waals surface area contributed by atoms with Crippen LogP contribution >= 0.6 is 0 Å². The molecule has 196 valence electrons. The molecule has 0 bridgehead atoms. The molecule has 2 aliphatic rings. The Balaban J connectivity index is 1.08. The smallest absolute Gasteiger partial charge is 0.408 e. The van der Waals surface area contributed by atoms with Crippen molar-refractivity contribution in [3.8, 4) is 0 Å². The van der Waals surface area contributed by atoms with E-state index in [2.05, 4.69) is 10.2 Å². The number of benzene rings is 2. The number of nitrogens with zero attached hydrogens (tertiary/aromatic N) is 2. The Hall–Kier alpha value is -3.23. The molecule has 2 fully saturated rings. The molecule has 2 aromatic carbocycles. The number of nitrogens with one attached hydrogen (secondary N) is 1. The Morgan fingerprint density at radius 3 is 2.59 bits per heavy atom. The van der Waals surface area contributed by atoms with E-state index in [1.54, 1.807) is 16.7 Å². The molecule has 5 rings (SSSR count). The first kappa shape index (κ1) is 25.4. The Morgan fingerprint density at radius 1 is 1.14 bits per heavy atom. The van der Waals surface area contributed by atoms with Gasteiger partial charge >= 0.3 is 5.76 Å². The van der Waals surface area contributed by atoms with E-state index >= 15 is 0 Å². The van der Waals surface area contributed by atoms with Crippen LogP contribution in [0, 0.1) is 12.8 Å². The fraction of sp³-hybridized carbons (Fsp3) is 0.483. The highest BCUT2D eigenvalue weighted by molar-refractivity contribution is 5.96. The van der Waals surface area contributed by atoms with Crippen molar-refractivity contribution in [2.24, 2.45) is 5.92 Å². The maximum absolute atomic E-state index is 12.4. The standard InChI is InChI=1S/C29H35N3O5/c1-3-32-25-15-22(7-8-26(25)37-28(32)35)29(36)11-9-23(10-12-29)31-17-20(18-31)14-24(33)16-30-27(34)21-6-4-5-19(2)13-21/h4-8,13,15,20,23,36H,3,9-12,14,16-18H2,1-2H3,(H,30,34). The number of rotatable bonds is 8. The highest BCUT2D eigenvalue weighted by atomic mass is 16.4. The molecule has 1 aliphatic heterocycles. The maximum atomic E-state index is 12.4. The van der Waals surface area contributed by atoms with Gasteiger partial charge in [0.05, 0.1) is 17.7 Å². The zero-order chi connectivity index (χ0) is 26.2. The van der Waals surface area contributed by atoms with Crippen molar-refractivity contribution in [1.82, 2.24) is 14.8 Å². The first-order chi connectivity index (χ1) is 17.8. The van der Waals surface area contributed by atoms with E-state index < -0.39 is 5.60 Å². The number of aromatic nitrogens is 1. The molecule has 3 aromatic rings. The summed E-state index contributed by atoms with van der Waals surface area (Å²) in [5.41, 5.74) is 2.78. The second-order valence-electron chi connectivity index (χ2n) is 10.7. The monoisotopic (exact) mass is 505 g/mol. The molecule has 2 N–H and O–H groups in total. The molecule has 1 saturated heterocycles. The van der Waals surface area contributed by atoms with Crippen LogP contribution in [0.1, 0.15) is 60.5 Å². The Labute approximate surface area is 216 Å². The Kier molecular flexibility index (Phi) is 7.05. The van der Waals surface area contributed by atoms with Crippen LogP contribution in [0.25, 0.3) is 11.1 Å². The number of Topliss-reactive ketones (excluding diaryl/α,β-unsaturated/α-hetero) is 1. The molecular weight excluding hydrogens is 470 g/mol. The van der Waals surface area contributed by atoms with Crippen LogP contribution in [0.4, 0.5) is 0 Å². The fourth-order valence-corrected chi connectivity index (χ4v) is 5.88.